The highest BCUT2D eigenvalue weighted by Crippen LogP contribution is 2.42. The minimum absolute atomic E-state index is 0.163. The molecule has 0 unspecified atom stereocenters. The first kappa shape index (κ1) is 25.2. The zero-order chi connectivity index (χ0) is 25.3. The summed E-state index contributed by atoms with van der Waals surface area (Å²) in [5.74, 6) is 0.955. The van der Waals surface area contributed by atoms with Gasteiger partial charge in [-0.15, -0.1) is 11.3 Å². The number of hydrogen-bond acceptors (Lipinski definition) is 5. The zero-order valence-corrected chi connectivity index (χ0v) is 24.2. The van der Waals surface area contributed by atoms with Gasteiger partial charge in [-0.25, -0.2) is 0 Å². The predicted molar refractivity (Wildman–Crippen MR) is 158 cm³/mol. The smallest absolute Gasteiger partial charge is 0.250 e. The molecule has 6 heteroatoms. The van der Waals surface area contributed by atoms with Gasteiger partial charge in [-0.2, -0.15) is 0 Å². The van der Waals surface area contributed by atoms with E-state index in [0.717, 1.165) is 18.0 Å². The third-order valence-electron chi connectivity index (χ3n) is 7.84. The number of nitrogens with zero attached hydrogens (tertiary/aromatic N) is 3. The molecule has 0 bridgehead atoms. The molecule has 3 aromatic rings. The molecule has 0 N–H and O–H groups in total. The maximum absolute atomic E-state index is 6.61. The first-order valence-electron chi connectivity index (χ1n) is 13.2. The molecule has 0 atom stereocenters. The van der Waals surface area contributed by atoms with Gasteiger partial charge in [0, 0.05) is 29.4 Å². The lowest BCUT2D eigenvalue weighted by Crippen LogP contribution is -2.43. The summed E-state index contributed by atoms with van der Waals surface area (Å²) in [6.45, 7) is 15.6. The van der Waals surface area contributed by atoms with Crippen LogP contribution in [0.25, 0.3) is 10.4 Å². The second-order valence-corrected chi connectivity index (χ2v) is 17.4. The highest BCUT2D eigenvalue weighted by atomic mass is 32.1. The van der Waals surface area contributed by atoms with Crippen LogP contribution in [0.5, 0.6) is 5.75 Å². The van der Waals surface area contributed by atoms with E-state index in [4.69, 9.17) is 9.42 Å². The molecule has 2 aliphatic heterocycles. The van der Waals surface area contributed by atoms with E-state index < -0.39 is 8.32 Å². The summed E-state index contributed by atoms with van der Waals surface area (Å²) in [4.78, 5) is 12.1. The summed E-state index contributed by atoms with van der Waals surface area (Å²) in [6, 6.07) is 20.0. The van der Waals surface area contributed by atoms with Gasteiger partial charge < -0.3 is 9.33 Å². The average molecular weight is 518 g/mol. The van der Waals surface area contributed by atoms with Gasteiger partial charge in [-0.1, -0.05) is 51.5 Å². The lowest BCUT2D eigenvalue weighted by Gasteiger charge is -2.36. The fourth-order valence-corrected chi connectivity index (χ4v) is 6.78. The van der Waals surface area contributed by atoms with E-state index in [-0.39, 0.29) is 5.04 Å². The molecule has 1 fully saturated rings. The lowest BCUT2D eigenvalue weighted by molar-refractivity contribution is 0.221. The summed E-state index contributed by atoms with van der Waals surface area (Å²) in [6.07, 6.45) is 6.07. The summed E-state index contributed by atoms with van der Waals surface area (Å²) >= 11 is 1.83. The minimum atomic E-state index is -1.90. The second kappa shape index (κ2) is 10.2. The molecule has 0 amide bonds. The monoisotopic (exact) mass is 517 g/mol. The standard InChI is InChI=1S/C30H39N3OSSi/c1-30(2,3)36(4,5)34-26-14-10-13-25(18-26)33-22-31-20-29-27(33)19-28(35-29)24-12-9-11-23(17-24)21-32-15-7-6-8-16-32/h9-14,17-20H,6-8,15-16,21-22H2,1-5H3. The van der Waals surface area contributed by atoms with Gasteiger partial charge in [-0.05, 0) is 79.5 Å². The van der Waals surface area contributed by atoms with E-state index in [0.29, 0.717) is 6.67 Å². The van der Waals surface area contributed by atoms with Crippen LogP contribution in [0.3, 0.4) is 0 Å². The number of hydrogen-bond donors (Lipinski definition) is 0. The van der Waals surface area contributed by atoms with Crippen molar-refractivity contribution in [2.75, 3.05) is 24.7 Å². The van der Waals surface area contributed by atoms with Gasteiger partial charge in [0.15, 0.2) is 0 Å². The van der Waals surface area contributed by atoms with Crippen LogP contribution in [-0.2, 0) is 6.54 Å². The van der Waals surface area contributed by atoms with Gasteiger partial charge in [0.05, 0.1) is 10.6 Å². The third kappa shape index (κ3) is 5.46. The van der Waals surface area contributed by atoms with E-state index in [1.54, 1.807) is 0 Å². The van der Waals surface area contributed by atoms with Crippen LogP contribution in [0.15, 0.2) is 59.6 Å². The highest BCUT2D eigenvalue weighted by Gasteiger charge is 2.39. The number of benzene rings is 2. The maximum atomic E-state index is 6.61. The van der Waals surface area contributed by atoms with Crippen LogP contribution in [0, 0.1) is 0 Å². The number of aliphatic imine (C=N–C) groups is 1. The maximum Gasteiger partial charge on any atom is 0.250 e. The molecule has 0 aliphatic carbocycles. The lowest BCUT2D eigenvalue weighted by atomic mass is 10.1. The number of thiophene rings is 1. The Morgan fingerprint density at radius 2 is 1.75 bits per heavy atom. The van der Waals surface area contributed by atoms with Crippen molar-refractivity contribution in [1.82, 2.24) is 4.90 Å². The van der Waals surface area contributed by atoms with Crippen molar-refractivity contribution in [2.45, 2.75) is 64.7 Å². The Morgan fingerprint density at radius 1 is 0.972 bits per heavy atom. The summed E-state index contributed by atoms with van der Waals surface area (Å²) in [5.41, 5.74) is 5.07. The Hall–Kier alpha value is -2.41. The van der Waals surface area contributed by atoms with E-state index in [1.807, 2.05) is 17.6 Å². The van der Waals surface area contributed by atoms with Gasteiger partial charge >= 0.3 is 0 Å². The first-order chi connectivity index (χ1) is 17.2. The molecule has 5 rings (SSSR count). The molecular formula is C30H39N3OSSi. The molecule has 0 saturated carbocycles. The number of anilines is 2. The normalized spacial score (nSPS) is 16.8. The predicted octanol–water partition coefficient (Wildman–Crippen LogP) is 8.31. The molecule has 3 heterocycles. The second-order valence-electron chi connectivity index (χ2n) is 11.6. The average Bonchev–Trinajstić information content (AvgIpc) is 3.29. The summed E-state index contributed by atoms with van der Waals surface area (Å²) in [5, 5.41) is 0.163. The Balaban J connectivity index is 1.39. The molecule has 1 saturated heterocycles. The largest absolute Gasteiger partial charge is 0.543 e. The number of piperidine rings is 1. The van der Waals surface area contributed by atoms with Crippen LogP contribution in [0.1, 0.15) is 50.5 Å². The zero-order valence-electron chi connectivity index (χ0n) is 22.4. The topological polar surface area (TPSA) is 28.1 Å². The van der Waals surface area contributed by atoms with E-state index in [9.17, 15) is 0 Å². The molecular weight excluding hydrogens is 479 g/mol. The molecule has 2 aromatic carbocycles. The fraction of sp³-hybridized carbons (Fsp3) is 0.433. The molecule has 0 radical (unpaired) electrons. The Bertz CT molecular complexity index is 1240. The fourth-order valence-electron chi connectivity index (χ4n) is 4.70. The molecule has 2 aliphatic rings. The number of likely N-dealkylation sites (tertiary alicyclic amines) is 1. The van der Waals surface area contributed by atoms with Crippen molar-refractivity contribution in [3.63, 3.8) is 0 Å². The van der Waals surface area contributed by atoms with Gasteiger partial charge in [0.2, 0.25) is 8.32 Å². The number of fused-ring (bicyclic) bond motifs is 1. The van der Waals surface area contributed by atoms with E-state index in [1.165, 1.54) is 58.9 Å². The van der Waals surface area contributed by atoms with Crippen LogP contribution >= 0.6 is 11.3 Å². The summed E-state index contributed by atoms with van der Waals surface area (Å²) < 4.78 is 6.61. The van der Waals surface area contributed by atoms with Crippen LogP contribution in [-0.4, -0.2) is 39.2 Å². The Kier molecular flexibility index (Phi) is 7.12. The van der Waals surface area contributed by atoms with Crippen molar-refractivity contribution in [2.24, 2.45) is 4.99 Å². The van der Waals surface area contributed by atoms with Crippen molar-refractivity contribution >= 4 is 37.2 Å². The third-order valence-corrected chi connectivity index (χ3v) is 13.3. The summed E-state index contributed by atoms with van der Waals surface area (Å²) in [7, 11) is -1.90. The molecule has 4 nitrogen and oxygen atoms in total. The van der Waals surface area contributed by atoms with Crippen molar-refractivity contribution in [1.29, 1.82) is 0 Å². The van der Waals surface area contributed by atoms with Crippen LogP contribution in [0.2, 0.25) is 18.1 Å². The van der Waals surface area contributed by atoms with Gasteiger partial charge in [0.25, 0.3) is 0 Å². The van der Waals surface area contributed by atoms with Gasteiger partial charge in [-0.3, -0.25) is 9.89 Å². The SMILES string of the molecule is CC(C)(C)[Si](C)(C)Oc1cccc(N2CN=Cc3sc(-c4cccc(CN5CCCCC5)c4)cc32)c1. The van der Waals surface area contributed by atoms with E-state index in [2.05, 4.69) is 98.3 Å². The van der Waals surface area contributed by atoms with Crippen molar-refractivity contribution in [3.8, 4) is 16.2 Å². The Labute approximate surface area is 221 Å². The van der Waals surface area contributed by atoms with Crippen molar-refractivity contribution in [3.05, 3.63) is 65.0 Å². The van der Waals surface area contributed by atoms with Crippen LogP contribution in [0.4, 0.5) is 11.4 Å². The molecule has 1 aromatic heterocycles. The van der Waals surface area contributed by atoms with E-state index >= 15 is 0 Å². The molecule has 190 valence electrons. The van der Waals surface area contributed by atoms with Gasteiger partial charge in [0.1, 0.15) is 12.4 Å². The first-order valence-corrected chi connectivity index (χ1v) is 16.9. The number of rotatable bonds is 6. The Morgan fingerprint density at radius 3 is 2.53 bits per heavy atom. The van der Waals surface area contributed by atoms with Crippen molar-refractivity contribution < 1.29 is 4.43 Å². The highest BCUT2D eigenvalue weighted by molar-refractivity contribution is 7.17. The quantitative estimate of drug-likeness (QED) is 0.308. The molecule has 36 heavy (non-hydrogen) atoms. The van der Waals surface area contributed by atoms with Crippen LogP contribution < -0.4 is 9.33 Å². The minimum Gasteiger partial charge on any atom is -0.543 e. The molecule has 0 spiro atoms.